The van der Waals surface area contributed by atoms with Gasteiger partial charge in [-0.3, -0.25) is 16.0 Å². The van der Waals surface area contributed by atoms with Crippen molar-refractivity contribution in [3.8, 4) is 0 Å². The van der Waals surface area contributed by atoms with E-state index in [-0.39, 0.29) is 11.5 Å². The van der Waals surface area contributed by atoms with Gasteiger partial charge in [0.05, 0.1) is 6.04 Å². The first kappa shape index (κ1) is 15.7. The topological polar surface area (TPSA) is 68.8 Å². The minimum atomic E-state index is 0.0357. The maximum Gasteiger partial charge on any atom is 0.138 e. The van der Waals surface area contributed by atoms with Crippen molar-refractivity contribution in [3.05, 3.63) is 47.5 Å². The van der Waals surface area contributed by atoms with E-state index in [4.69, 9.17) is 5.84 Å². The zero-order valence-electron chi connectivity index (χ0n) is 13.3. The van der Waals surface area contributed by atoms with E-state index in [9.17, 15) is 0 Å². The molecule has 0 aliphatic rings. The zero-order valence-corrected chi connectivity index (χ0v) is 13.3. The molecule has 0 fully saturated rings. The van der Waals surface area contributed by atoms with Crippen LogP contribution in [0.25, 0.3) is 0 Å². The smallest absolute Gasteiger partial charge is 0.138 e. The number of hydrazine groups is 1. The van der Waals surface area contributed by atoms with Gasteiger partial charge in [-0.05, 0) is 23.5 Å². The summed E-state index contributed by atoms with van der Waals surface area (Å²) in [5, 5.41) is 4.20. The predicted octanol–water partition coefficient (Wildman–Crippen LogP) is 2.34. The van der Waals surface area contributed by atoms with E-state index in [1.807, 2.05) is 4.68 Å². The molecule has 0 spiro atoms. The highest BCUT2D eigenvalue weighted by atomic mass is 15.3. The van der Waals surface area contributed by atoms with Crippen LogP contribution in [0.15, 0.2) is 30.6 Å². The Kier molecular flexibility index (Phi) is 4.75. The number of nitrogens with one attached hydrogen (secondary N) is 1. The molecule has 114 valence electrons. The minimum Gasteiger partial charge on any atom is -0.271 e. The van der Waals surface area contributed by atoms with E-state index in [1.165, 1.54) is 5.56 Å². The second-order valence-corrected chi connectivity index (χ2v) is 6.29. The van der Waals surface area contributed by atoms with Gasteiger partial charge in [-0.1, -0.05) is 45.0 Å². The monoisotopic (exact) mass is 287 g/mol. The Morgan fingerprint density at radius 2 is 1.90 bits per heavy atom. The second-order valence-electron chi connectivity index (χ2n) is 6.29. The molecule has 0 bridgehead atoms. The summed E-state index contributed by atoms with van der Waals surface area (Å²) in [7, 11) is 0. The van der Waals surface area contributed by atoms with E-state index >= 15 is 0 Å². The number of benzene rings is 1. The highest BCUT2D eigenvalue weighted by molar-refractivity contribution is 5.29. The standard InChI is InChI=1S/C16H25N5/c1-5-21-15(18-11-19-21)10-14(20-17)12-6-8-13(9-7-12)16(2,3)4/h6-9,11,14,20H,5,10,17H2,1-4H3. The molecule has 0 saturated carbocycles. The number of nitrogens with zero attached hydrogens (tertiary/aromatic N) is 3. The lowest BCUT2D eigenvalue weighted by Gasteiger charge is -2.21. The van der Waals surface area contributed by atoms with Crippen LogP contribution < -0.4 is 11.3 Å². The average Bonchev–Trinajstić information content (AvgIpc) is 2.91. The van der Waals surface area contributed by atoms with E-state index < -0.39 is 0 Å². The summed E-state index contributed by atoms with van der Waals surface area (Å²) in [6, 6.07) is 8.65. The lowest BCUT2D eigenvalue weighted by Crippen LogP contribution is -2.30. The molecule has 1 heterocycles. The summed E-state index contributed by atoms with van der Waals surface area (Å²) >= 11 is 0. The number of aromatic nitrogens is 3. The van der Waals surface area contributed by atoms with Crippen molar-refractivity contribution in [1.82, 2.24) is 20.2 Å². The molecule has 5 nitrogen and oxygen atoms in total. The molecule has 1 unspecified atom stereocenters. The maximum atomic E-state index is 5.73. The van der Waals surface area contributed by atoms with Gasteiger partial charge < -0.3 is 0 Å². The van der Waals surface area contributed by atoms with Gasteiger partial charge in [0.2, 0.25) is 0 Å². The summed E-state index contributed by atoms with van der Waals surface area (Å²) in [5.41, 5.74) is 5.53. The van der Waals surface area contributed by atoms with Crippen molar-refractivity contribution >= 4 is 0 Å². The molecule has 1 atom stereocenters. The van der Waals surface area contributed by atoms with Gasteiger partial charge >= 0.3 is 0 Å². The van der Waals surface area contributed by atoms with E-state index in [1.54, 1.807) is 6.33 Å². The summed E-state index contributed by atoms with van der Waals surface area (Å²) < 4.78 is 1.90. The molecule has 0 amide bonds. The van der Waals surface area contributed by atoms with Crippen molar-refractivity contribution in [3.63, 3.8) is 0 Å². The Labute approximate surface area is 126 Å². The molecule has 1 aromatic carbocycles. The first-order valence-corrected chi connectivity index (χ1v) is 7.39. The second kappa shape index (κ2) is 6.37. The van der Waals surface area contributed by atoms with Crippen molar-refractivity contribution < 1.29 is 0 Å². The van der Waals surface area contributed by atoms with Gasteiger partial charge in [0.15, 0.2) is 0 Å². The first-order chi connectivity index (χ1) is 9.95. The van der Waals surface area contributed by atoms with Gasteiger partial charge in [-0.2, -0.15) is 5.10 Å². The third kappa shape index (κ3) is 3.68. The van der Waals surface area contributed by atoms with Crippen LogP contribution in [0.3, 0.4) is 0 Å². The molecule has 0 radical (unpaired) electrons. The van der Waals surface area contributed by atoms with Crippen LogP contribution >= 0.6 is 0 Å². The number of aryl methyl sites for hydroxylation is 1. The van der Waals surface area contributed by atoms with Crippen LogP contribution in [0.4, 0.5) is 0 Å². The van der Waals surface area contributed by atoms with Gasteiger partial charge in [0, 0.05) is 13.0 Å². The van der Waals surface area contributed by atoms with Crippen LogP contribution in [-0.4, -0.2) is 14.8 Å². The fraction of sp³-hybridized carbons (Fsp3) is 0.500. The van der Waals surface area contributed by atoms with Crippen LogP contribution in [0.1, 0.15) is 50.7 Å². The third-order valence-corrected chi connectivity index (χ3v) is 3.76. The largest absolute Gasteiger partial charge is 0.271 e. The van der Waals surface area contributed by atoms with Gasteiger partial charge in [0.25, 0.3) is 0 Å². The minimum absolute atomic E-state index is 0.0357. The maximum absolute atomic E-state index is 5.73. The molecule has 0 aliphatic carbocycles. The molecular weight excluding hydrogens is 262 g/mol. The number of rotatable bonds is 5. The predicted molar refractivity (Wildman–Crippen MR) is 84.6 cm³/mol. The van der Waals surface area contributed by atoms with Crippen molar-refractivity contribution in [2.24, 2.45) is 5.84 Å². The summed E-state index contributed by atoms with van der Waals surface area (Å²) in [4.78, 5) is 4.31. The van der Waals surface area contributed by atoms with Crippen molar-refractivity contribution in [1.29, 1.82) is 0 Å². The molecule has 21 heavy (non-hydrogen) atoms. The number of hydrogen-bond donors (Lipinski definition) is 2. The Morgan fingerprint density at radius 3 is 2.43 bits per heavy atom. The van der Waals surface area contributed by atoms with Gasteiger partial charge in [-0.25, -0.2) is 4.98 Å². The van der Waals surface area contributed by atoms with Crippen molar-refractivity contribution in [2.75, 3.05) is 0 Å². The van der Waals surface area contributed by atoms with E-state index in [0.717, 1.165) is 24.4 Å². The van der Waals surface area contributed by atoms with E-state index in [2.05, 4.69) is 67.5 Å². The van der Waals surface area contributed by atoms with Crippen LogP contribution in [0, 0.1) is 0 Å². The molecule has 2 rings (SSSR count). The summed E-state index contributed by atoms with van der Waals surface area (Å²) in [6.45, 7) is 9.51. The Morgan fingerprint density at radius 1 is 1.24 bits per heavy atom. The Hall–Kier alpha value is -1.72. The normalized spacial score (nSPS) is 13.4. The molecule has 3 N–H and O–H groups in total. The SMILES string of the molecule is CCn1ncnc1CC(NN)c1ccc(C(C)(C)C)cc1. The third-order valence-electron chi connectivity index (χ3n) is 3.76. The number of hydrogen-bond acceptors (Lipinski definition) is 4. The molecule has 0 aliphatic heterocycles. The quantitative estimate of drug-likeness (QED) is 0.654. The Bertz CT molecular complexity index is 565. The van der Waals surface area contributed by atoms with Crippen LogP contribution in [0.5, 0.6) is 0 Å². The van der Waals surface area contributed by atoms with Crippen LogP contribution in [0.2, 0.25) is 0 Å². The number of nitrogens with two attached hydrogens (primary N) is 1. The summed E-state index contributed by atoms with van der Waals surface area (Å²) in [6.07, 6.45) is 2.31. The average molecular weight is 287 g/mol. The molecule has 5 heteroatoms. The summed E-state index contributed by atoms with van der Waals surface area (Å²) in [5.74, 6) is 6.67. The Balaban J connectivity index is 2.18. The lowest BCUT2D eigenvalue weighted by atomic mass is 9.86. The highest BCUT2D eigenvalue weighted by Gasteiger charge is 2.17. The fourth-order valence-electron chi connectivity index (χ4n) is 2.38. The van der Waals surface area contributed by atoms with Crippen molar-refractivity contribution in [2.45, 2.75) is 52.1 Å². The van der Waals surface area contributed by atoms with E-state index in [0.29, 0.717) is 0 Å². The van der Waals surface area contributed by atoms with Gasteiger partial charge in [0.1, 0.15) is 12.2 Å². The first-order valence-electron chi connectivity index (χ1n) is 7.39. The molecule has 0 saturated heterocycles. The lowest BCUT2D eigenvalue weighted by molar-refractivity contribution is 0.509. The molecule has 2 aromatic rings. The van der Waals surface area contributed by atoms with Gasteiger partial charge in [-0.15, -0.1) is 0 Å². The molecule has 1 aromatic heterocycles. The zero-order chi connectivity index (χ0) is 15.5. The highest BCUT2D eigenvalue weighted by Crippen LogP contribution is 2.24. The molecular formula is C16H25N5. The van der Waals surface area contributed by atoms with Crippen LogP contribution in [-0.2, 0) is 18.4 Å². The fourth-order valence-corrected chi connectivity index (χ4v) is 2.38.